The van der Waals surface area contributed by atoms with E-state index in [2.05, 4.69) is 5.32 Å². The highest BCUT2D eigenvalue weighted by Gasteiger charge is 2.60. The molecule has 15 heteroatoms. The minimum absolute atomic E-state index is 0.0486. The molecule has 0 aromatic heterocycles. The largest absolute Gasteiger partial charge is 0.493 e. The summed E-state index contributed by atoms with van der Waals surface area (Å²) in [5, 5.41) is -0.953. The van der Waals surface area contributed by atoms with Gasteiger partial charge >= 0.3 is 11.0 Å². The molecule has 1 saturated heterocycles. The van der Waals surface area contributed by atoms with Crippen molar-refractivity contribution in [2.45, 2.75) is 28.8 Å². The maximum atomic E-state index is 14.7. The summed E-state index contributed by atoms with van der Waals surface area (Å²) in [4.78, 5) is 41.1. The lowest BCUT2D eigenvalue weighted by atomic mass is 10.0. The molecule has 4 rings (SSSR count). The molecule has 0 radical (unpaired) electrons. The van der Waals surface area contributed by atoms with Gasteiger partial charge in [0.05, 0.1) is 32.5 Å². The zero-order valence-electron chi connectivity index (χ0n) is 24.9. The molecule has 1 fully saturated rings. The number of hydrogen-bond acceptors (Lipinski definition) is 12. The van der Waals surface area contributed by atoms with Gasteiger partial charge < -0.3 is 24.4 Å². The first kappa shape index (κ1) is 33.4. The number of rotatable bonds is 12. The van der Waals surface area contributed by atoms with Gasteiger partial charge in [-0.05, 0) is 37.1 Å². The molecule has 1 aliphatic heterocycles. The number of para-hydroxylation sites is 1. The molecule has 2 unspecified atom stereocenters. The van der Waals surface area contributed by atoms with Crippen molar-refractivity contribution in [3.05, 3.63) is 83.9 Å². The average molecular weight is 661 g/mol. The Kier molecular flexibility index (Phi) is 9.85. The number of ketones is 1. The van der Waals surface area contributed by atoms with Crippen LogP contribution in [0.5, 0.6) is 11.5 Å². The maximum Gasteiger partial charge on any atom is 0.342 e. The van der Waals surface area contributed by atoms with Crippen LogP contribution in [0.3, 0.4) is 0 Å². The number of esters is 1. The molecule has 0 saturated carbocycles. The molecule has 2 atom stereocenters. The van der Waals surface area contributed by atoms with E-state index in [4.69, 9.17) is 18.4 Å². The van der Waals surface area contributed by atoms with Gasteiger partial charge in [0, 0.05) is 29.4 Å². The van der Waals surface area contributed by atoms with Crippen molar-refractivity contribution in [1.29, 1.82) is 0 Å². The van der Waals surface area contributed by atoms with E-state index in [1.807, 2.05) is 0 Å². The molecular formula is C30H32N2O11S2. The number of nitrogens with one attached hydrogen (secondary N) is 1. The smallest absolute Gasteiger partial charge is 0.342 e. The first-order chi connectivity index (χ1) is 21.3. The van der Waals surface area contributed by atoms with Crippen LogP contribution in [0, 0.1) is 0 Å². The van der Waals surface area contributed by atoms with E-state index in [9.17, 15) is 31.2 Å². The quantitative estimate of drug-likeness (QED) is 0.131. The molecular weight excluding hydrogens is 628 g/mol. The number of methoxy groups -OCH3 is 3. The molecule has 240 valence electrons. The molecule has 0 spiro atoms. The van der Waals surface area contributed by atoms with E-state index in [1.165, 1.54) is 56.7 Å². The number of carbonyl (C=O) groups is 3. The van der Waals surface area contributed by atoms with Gasteiger partial charge in [-0.2, -0.15) is 8.42 Å². The number of ether oxygens (including phenoxy) is 3. The molecule has 1 heterocycles. The van der Waals surface area contributed by atoms with Gasteiger partial charge in [-0.15, -0.1) is 0 Å². The van der Waals surface area contributed by atoms with Crippen molar-refractivity contribution < 1.29 is 49.6 Å². The van der Waals surface area contributed by atoms with Crippen LogP contribution in [0.15, 0.2) is 77.7 Å². The summed E-state index contributed by atoms with van der Waals surface area (Å²) in [6.45, 7) is -0.124. The van der Waals surface area contributed by atoms with Crippen LogP contribution in [0.4, 0.5) is 5.69 Å². The zero-order valence-corrected chi connectivity index (χ0v) is 26.5. The number of carbonyl (C=O) groups excluding carboxylic acids is 3. The lowest BCUT2D eigenvalue weighted by molar-refractivity contribution is -0.154. The van der Waals surface area contributed by atoms with E-state index in [1.54, 1.807) is 18.2 Å². The highest BCUT2D eigenvalue weighted by molar-refractivity contribution is 7.94. The summed E-state index contributed by atoms with van der Waals surface area (Å²) < 4.78 is 75.7. The Morgan fingerprint density at radius 3 is 2.13 bits per heavy atom. The third kappa shape index (κ3) is 6.65. The molecule has 0 bridgehead atoms. The van der Waals surface area contributed by atoms with Crippen molar-refractivity contribution in [2.24, 2.45) is 0 Å². The molecule has 13 nitrogen and oxygen atoms in total. The van der Waals surface area contributed by atoms with Crippen LogP contribution in [0.25, 0.3) is 0 Å². The molecule has 1 aliphatic rings. The number of nitrogens with zero attached hydrogens (tertiary/aromatic N) is 1. The fourth-order valence-corrected chi connectivity index (χ4v) is 7.69. The van der Waals surface area contributed by atoms with Gasteiger partial charge in [-0.1, -0.05) is 42.5 Å². The summed E-state index contributed by atoms with van der Waals surface area (Å²) in [7, 11) is -6.33. The van der Waals surface area contributed by atoms with Crippen LogP contribution in [0.1, 0.15) is 28.8 Å². The Hall–Kier alpha value is -4.47. The summed E-state index contributed by atoms with van der Waals surface area (Å²) >= 11 is 0. The van der Waals surface area contributed by atoms with Gasteiger partial charge in [0.2, 0.25) is 9.84 Å². The van der Waals surface area contributed by atoms with E-state index in [0.717, 1.165) is 24.1 Å². The van der Waals surface area contributed by atoms with Crippen molar-refractivity contribution in [3.8, 4) is 11.5 Å². The third-order valence-corrected chi connectivity index (χ3v) is 9.74. The first-order valence-corrected chi connectivity index (χ1v) is 16.8. The van der Waals surface area contributed by atoms with Gasteiger partial charge in [0.1, 0.15) is 6.04 Å². The van der Waals surface area contributed by atoms with Crippen LogP contribution in [-0.4, -0.2) is 84.6 Å². The standard InChI is InChI=1S/C30H32N2O11S2/c1-40-25-17-16-21(19-26(25)41-2)45(38,39)30(43-44(4,36)37,29(35)32-18-10-15-24(32)28(34)42-3)31-23-14-9-8-13-22(23)27(33)20-11-6-5-7-12-20/h5-9,11-14,16-17,19,24,31H,10,15,18H2,1-4H3. The van der Waals surface area contributed by atoms with Crippen molar-refractivity contribution in [1.82, 2.24) is 4.90 Å². The van der Waals surface area contributed by atoms with E-state index in [-0.39, 0.29) is 47.7 Å². The lowest BCUT2D eigenvalue weighted by Gasteiger charge is -2.37. The maximum absolute atomic E-state index is 14.7. The van der Waals surface area contributed by atoms with Crippen LogP contribution < -0.4 is 14.8 Å². The number of amides is 1. The zero-order chi connectivity index (χ0) is 33.0. The van der Waals surface area contributed by atoms with Crippen LogP contribution in [-0.2, 0) is 38.5 Å². The molecule has 3 aromatic carbocycles. The molecule has 1 amide bonds. The average Bonchev–Trinajstić information content (AvgIpc) is 3.53. The minimum atomic E-state index is -5.25. The number of hydrogen-bond donors (Lipinski definition) is 1. The Bertz CT molecular complexity index is 1810. The van der Waals surface area contributed by atoms with E-state index < -0.39 is 53.6 Å². The summed E-state index contributed by atoms with van der Waals surface area (Å²) in [6.07, 6.45) is 0.969. The predicted octanol–water partition coefficient (Wildman–Crippen LogP) is 2.61. The molecule has 45 heavy (non-hydrogen) atoms. The second-order valence-corrected chi connectivity index (χ2v) is 13.6. The first-order valence-electron chi connectivity index (χ1n) is 13.5. The fourth-order valence-electron chi connectivity index (χ4n) is 4.99. The van der Waals surface area contributed by atoms with Gasteiger partial charge in [0.25, 0.3) is 16.0 Å². The van der Waals surface area contributed by atoms with Gasteiger partial charge in [0.15, 0.2) is 17.3 Å². The van der Waals surface area contributed by atoms with E-state index in [0.29, 0.717) is 6.26 Å². The SMILES string of the molecule is COC(=O)C1CCCN1C(=O)C(Nc1ccccc1C(=O)c1ccccc1)(OS(C)(=O)=O)S(=O)(=O)c1ccc(OC)c(OC)c1. The van der Waals surface area contributed by atoms with E-state index >= 15 is 0 Å². The summed E-state index contributed by atoms with van der Waals surface area (Å²) in [5.74, 6) is -2.71. The summed E-state index contributed by atoms with van der Waals surface area (Å²) in [6, 6.07) is 15.8. The van der Waals surface area contributed by atoms with Crippen molar-refractivity contribution in [2.75, 3.05) is 39.4 Å². The minimum Gasteiger partial charge on any atom is -0.493 e. The monoisotopic (exact) mass is 660 g/mol. The van der Waals surface area contributed by atoms with Crippen LogP contribution in [0.2, 0.25) is 0 Å². The highest BCUT2D eigenvalue weighted by Crippen LogP contribution is 2.39. The second kappa shape index (κ2) is 13.3. The summed E-state index contributed by atoms with van der Waals surface area (Å²) in [5.41, 5.74) is -0.0894. The number of likely N-dealkylation sites (tertiary alicyclic amines) is 1. The Balaban J connectivity index is 2.02. The Labute approximate surface area is 261 Å². The van der Waals surface area contributed by atoms with Gasteiger partial charge in [-0.3, -0.25) is 9.59 Å². The van der Waals surface area contributed by atoms with Crippen molar-refractivity contribution in [3.63, 3.8) is 0 Å². The predicted molar refractivity (Wildman–Crippen MR) is 162 cm³/mol. The molecule has 0 aliphatic carbocycles. The normalized spacial score (nSPS) is 16.4. The van der Waals surface area contributed by atoms with Crippen molar-refractivity contribution >= 4 is 43.3 Å². The topological polar surface area (TPSA) is 172 Å². The molecule has 3 aromatic rings. The number of benzene rings is 3. The number of anilines is 1. The Morgan fingerprint density at radius 2 is 1.51 bits per heavy atom. The lowest BCUT2D eigenvalue weighted by Crippen LogP contribution is -2.63. The number of sulfone groups is 1. The third-order valence-electron chi connectivity index (χ3n) is 7.09. The van der Waals surface area contributed by atoms with Crippen LogP contribution >= 0.6 is 0 Å². The molecule has 1 N–H and O–H groups in total. The highest BCUT2D eigenvalue weighted by atomic mass is 32.2. The van der Waals surface area contributed by atoms with Gasteiger partial charge in [-0.25, -0.2) is 17.4 Å². The fraction of sp³-hybridized carbons (Fsp3) is 0.300. The Morgan fingerprint density at radius 1 is 0.867 bits per heavy atom. The second-order valence-electron chi connectivity index (χ2n) is 9.97.